The largest absolute Gasteiger partial charge is 0.454 e. The minimum absolute atomic E-state index is 0.0479. The highest BCUT2D eigenvalue weighted by Gasteiger charge is 2.20. The van der Waals surface area contributed by atoms with Crippen LogP contribution in [0.1, 0.15) is 10.4 Å². The quantitative estimate of drug-likeness (QED) is 0.871. The van der Waals surface area contributed by atoms with Gasteiger partial charge < -0.3 is 24.4 Å². The Labute approximate surface area is 117 Å². The maximum Gasteiger partial charge on any atom is 0.251 e. The number of benzene rings is 1. The molecule has 0 spiro atoms. The highest BCUT2D eigenvalue weighted by atomic mass is 16.7. The molecule has 1 aromatic rings. The molecule has 0 bridgehead atoms. The van der Waals surface area contributed by atoms with Gasteiger partial charge in [0.25, 0.3) is 5.91 Å². The molecular formula is C14H18N2O4. The highest BCUT2D eigenvalue weighted by molar-refractivity contribution is 5.94. The van der Waals surface area contributed by atoms with Crippen molar-refractivity contribution in [3.05, 3.63) is 23.8 Å². The Morgan fingerprint density at radius 3 is 3.10 bits per heavy atom. The summed E-state index contributed by atoms with van der Waals surface area (Å²) >= 11 is 0. The number of fused-ring (bicyclic) bond motifs is 1. The van der Waals surface area contributed by atoms with Crippen LogP contribution in [0, 0.1) is 0 Å². The lowest BCUT2D eigenvalue weighted by Gasteiger charge is -2.30. The third kappa shape index (κ3) is 2.86. The van der Waals surface area contributed by atoms with E-state index in [-0.39, 0.29) is 18.8 Å². The van der Waals surface area contributed by atoms with Gasteiger partial charge in [-0.3, -0.25) is 4.79 Å². The number of rotatable bonds is 3. The van der Waals surface area contributed by atoms with Crippen LogP contribution in [0.3, 0.4) is 0 Å². The predicted molar refractivity (Wildman–Crippen MR) is 72.1 cm³/mol. The number of hydrogen-bond donors (Lipinski definition) is 1. The standard InChI is InChI=1S/C14H18N2O4/c1-16-4-5-18-11(8-16)7-15-14(17)10-2-3-12-13(6-10)20-9-19-12/h2-3,6,11H,4-5,7-9H2,1H3,(H,15,17). The zero-order chi connectivity index (χ0) is 13.9. The molecule has 2 heterocycles. The van der Waals surface area contributed by atoms with Gasteiger partial charge in [-0.15, -0.1) is 0 Å². The van der Waals surface area contributed by atoms with E-state index in [1.807, 2.05) is 0 Å². The van der Waals surface area contributed by atoms with Gasteiger partial charge in [0.05, 0.1) is 12.7 Å². The van der Waals surface area contributed by atoms with Crippen LogP contribution in [0.15, 0.2) is 18.2 Å². The minimum atomic E-state index is -0.125. The van der Waals surface area contributed by atoms with Crippen LogP contribution in [-0.4, -0.2) is 57.0 Å². The Morgan fingerprint density at radius 2 is 2.25 bits per heavy atom. The number of ether oxygens (including phenoxy) is 3. The van der Waals surface area contributed by atoms with Gasteiger partial charge in [0, 0.05) is 25.2 Å². The fraction of sp³-hybridized carbons (Fsp3) is 0.500. The second-order valence-corrected chi connectivity index (χ2v) is 5.03. The van der Waals surface area contributed by atoms with Gasteiger partial charge in [-0.05, 0) is 25.2 Å². The smallest absolute Gasteiger partial charge is 0.251 e. The first-order valence-electron chi connectivity index (χ1n) is 6.70. The van der Waals surface area contributed by atoms with E-state index in [1.54, 1.807) is 18.2 Å². The third-order valence-electron chi connectivity index (χ3n) is 3.47. The predicted octanol–water partition coefficient (Wildman–Crippen LogP) is 0.476. The molecule has 2 aliphatic rings. The van der Waals surface area contributed by atoms with Gasteiger partial charge in [-0.25, -0.2) is 0 Å². The zero-order valence-corrected chi connectivity index (χ0v) is 11.4. The van der Waals surface area contributed by atoms with Crippen LogP contribution in [0.5, 0.6) is 11.5 Å². The first-order chi connectivity index (χ1) is 9.72. The monoisotopic (exact) mass is 278 g/mol. The third-order valence-corrected chi connectivity index (χ3v) is 3.47. The Morgan fingerprint density at radius 1 is 1.40 bits per heavy atom. The van der Waals surface area contributed by atoms with Crippen LogP contribution in [0.2, 0.25) is 0 Å². The number of morpholine rings is 1. The molecule has 2 aliphatic heterocycles. The first-order valence-corrected chi connectivity index (χ1v) is 6.70. The molecule has 108 valence electrons. The normalized spacial score (nSPS) is 21.8. The van der Waals surface area contributed by atoms with E-state index < -0.39 is 0 Å². The number of nitrogens with one attached hydrogen (secondary N) is 1. The highest BCUT2D eigenvalue weighted by Crippen LogP contribution is 2.32. The SMILES string of the molecule is CN1CCOC(CNC(=O)c2ccc3c(c2)OCO3)C1. The number of carbonyl (C=O) groups excluding carboxylic acids is 1. The van der Waals surface area contributed by atoms with E-state index in [4.69, 9.17) is 14.2 Å². The molecule has 1 unspecified atom stereocenters. The summed E-state index contributed by atoms with van der Waals surface area (Å²) < 4.78 is 16.1. The number of hydrogen-bond acceptors (Lipinski definition) is 5. The summed E-state index contributed by atoms with van der Waals surface area (Å²) in [5, 5.41) is 2.89. The molecule has 0 aromatic heterocycles. The van der Waals surface area contributed by atoms with Crippen LogP contribution >= 0.6 is 0 Å². The molecule has 1 fully saturated rings. The maximum atomic E-state index is 12.1. The van der Waals surface area contributed by atoms with E-state index in [9.17, 15) is 4.79 Å². The van der Waals surface area contributed by atoms with Crippen molar-refractivity contribution >= 4 is 5.91 Å². The maximum absolute atomic E-state index is 12.1. The Hall–Kier alpha value is -1.79. The van der Waals surface area contributed by atoms with E-state index >= 15 is 0 Å². The number of nitrogens with zero attached hydrogens (tertiary/aromatic N) is 1. The van der Waals surface area contributed by atoms with Gasteiger partial charge in [0.1, 0.15) is 0 Å². The summed E-state index contributed by atoms with van der Waals surface area (Å²) in [6, 6.07) is 5.18. The van der Waals surface area contributed by atoms with Crippen molar-refractivity contribution in [1.82, 2.24) is 10.2 Å². The molecule has 1 atom stereocenters. The van der Waals surface area contributed by atoms with Crippen LogP contribution in [-0.2, 0) is 4.74 Å². The minimum Gasteiger partial charge on any atom is -0.454 e. The van der Waals surface area contributed by atoms with E-state index in [0.29, 0.717) is 30.2 Å². The van der Waals surface area contributed by atoms with Crippen molar-refractivity contribution in [3.8, 4) is 11.5 Å². The fourth-order valence-corrected chi connectivity index (χ4v) is 2.34. The molecule has 0 radical (unpaired) electrons. The van der Waals surface area contributed by atoms with Gasteiger partial charge in [-0.2, -0.15) is 0 Å². The van der Waals surface area contributed by atoms with E-state index in [2.05, 4.69) is 17.3 Å². The Bertz CT molecular complexity index is 506. The molecule has 6 nitrogen and oxygen atoms in total. The summed E-state index contributed by atoms with van der Waals surface area (Å²) in [5.41, 5.74) is 0.568. The average molecular weight is 278 g/mol. The summed E-state index contributed by atoms with van der Waals surface area (Å²) in [6.45, 7) is 3.20. The zero-order valence-electron chi connectivity index (χ0n) is 11.4. The van der Waals surface area contributed by atoms with Crippen LogP contribution in [0.25, 0.3) is 0 Å². The van der Waals surface area contributed by atoms with Crippen molar-refractivity contribution in [2.75, 3.05) is 40.1 Å². The fourth-order valence-electron chi connectivity index (χ4n) is 2.34. The molecule has 20 heavy (non-hydrogen) atoms. The molecule has 1 amide bonds. The van der Waals surface area contributed by atoms with E-state index in [1.165, 1.54) is 0 Å². The van der Waals surface area contributed by atoms with Crippen molar-refractivity contribution < 1.29 is 19.0 Å². The van der Waals surface area contributed by atoms with Crippen molar-refractivity contribution in [2.45, 2.75) is 6.10 Å². The van der Waals surface area contributed by atoms with Crippen molar-refractivity contribution in [3.63, 3.8) is 0 Å². The lowest BCUT2D eigenvalue weighted by molar-refractivity contribution is -0.0175. The summed E-state index contributed by atoms with van der Waals surface area (Å²) in [4.78, 5) is 14.3. The number of carbonyl (C=O) groups is 1. The van der Waals surface area contributed by atoms with Crippen LogP contribution < -0.4 is 14.8 Å². The Balaban J connectivity index is 1.56. The topological polar surface area (TPSA) is 60.0 Å². The lowest BCUT2D eigenvalue weighted by Crippen LogP contribution is -2.45. The van der Waals surface area contributed by atoms with Gasteiger partial charge in [-0.1, -0.05) is 0 Å². The second kappa shape index (κ2) is 5.68. The van der Waals surface area contributed by atoms with Gasteiger partial charge >= 0.3 is 0 Å². The number of amides is 1. The van der Waals surface area contributed by atoms with Gasteiger partial charge in [0.2, 0.25) is 6.79 Å². The van der Waals surface area contributed by atoms with Gasteiger partial charge in [0.15, 0.2) is 11.5 Å². The molecule has 0 saturated carbocycles. The van der Waals surface area contributed by atoms with E-state index in [0.717, 1.165) is 13.1 Å². The molecule has 6 heteroatoms. The molecular weight excluding hydrogens is 260 g/mol. The summed E-state index contributed by atoms with van der Waals surface area (Å²) in [7, 11) is 2.05. The lowest BCUT2D eigenvalue weighted by atomic mass is 10.2. The molecule has 3 rings (SSSR count). The average Bonchev–Trinajstić information content (AvgIpc) is 2.92. The molecule has 1 aromatic carbocycles. The summed E-state index contributed by atoms with van der Waals surface area (Å²) in [5.74, 6) is 1.17. The van der Waals surface area contributed by atoms with Crippen molar-refractivity contribution in [1.29, 1.82) is 0 Å². The first kappa shape index (κ1) is 13.2. The Kier molecular flexibility index (Phi) is 3.75. The second-order valence-electron chi connectivity index (χ2n) is 5.03. The summed E-state index contributed by atoms with van der Waals surface area (Å²) in [6.07, 6.45) is 0.0479. The van der Waals surface area contributed by atoms with Crippen LogP contribution in [0.4, 0.5) is 0 Å². The molecule has 0 aliphatic carbocycles. The van der Waals surface area contributed by atoms with Crippen molar-refractivity contribution in [2.24, 2.45) is 0 Å². The number of likely N-dealkylation sites (N-methyl/N-ethyl adjacent to an activating group) is 1. The molecule has 1 N–H and O–H groups in total. The molecule has 1 saturated heterocycles.